The van der Waals surface area contributed by atoms with E-state index in [9.17, 15) is 14.4 Å². The van der Waals surface area contributed by atoms with E-state index < -0.39 is 17.9 Å². The normalized spacial score (nSPS) is 18.2. The molecule has 1 atom stereocenters. The molecular weight excluding hydrogens is 272 g/mol. The van der Waals surface area contributed by atoms with Gasteiger partial charge in [-0.05, 0) is 18.1 Å². The minimum atomic E-state index is -1.10. The molecule has 0 aliphatic carbocycles. The van der Waals surface area contributed by atoms with Crippen molar-refractivity contribution in [2.45, 2.75) is 25.8 Å². The quantitative estimate of drug-likeness (QED) is 0.853. The van der Waals surface area contributed by atoms with Gasteiger partial charge >= 0.3 is 5.97 Å². The van der Waals surface area contributed by atoms with E-state index in [4.69, 9.17) is 5.11 Å². The van der Waals surface area contributed by atoms with Crippen molar-refractivity contribution in [1.82, 2.24) is 10.2 Å². The van der Waals surface area contributed by atoms with Crippen molar-refractivity contribution in [1.29, 1.82) is 0 Å². The van der Waals surface area contributed by atoms with Crippen LogP contribution in [0.2, 0.25) is 0 Å². The van der Waals surface area contributed by atoms with Gasteiger partial charge in [0.05, 0.1) is 6.42 Å². The fraction of sp³-hybridized carbons (Fsp3) is 0.400. The smallest absolute Gasteiger partial charge is 0.305 e. The Labute approximate surface area is 122 Å². The van der Waals surface area contributed by atoms with E-state index >= 15 is 0 Å². The number of benzene rings is 1. The molecule has 1 aromatic rings. The molecule has 0 bridgehead atoms. The highest BCUT2D eigenvalue weighted by Crippen LogP contribution is 2.17. The molecule has 1 aromatic carbocycles. The lowest BCUT2D eigenvalue weighted by molar-refractivity contribution is -0.142. The van der Waals surface area contributed by atoms with Crippen LogP contribution < -0.4 is 5.32 Å². The van der Waals surface area contributed by atoms with Crippen LogP contribution >= 0.6 is 0 Å². The van der Waals surface area contributed by atoms with E-state index in [0.717, 1.165) is 5.56 Å². The van der Waals surface area contributed by atoms with Crippen LogP contribution in [0.3, 0.4) is 0 Å². The maximum Gasteiger partial charge on any atom is 0.305 e. The zero-order valence-corrected chi connectivity index (χ0v) is 11.8. The standard InChI is InChI=1S/C15H18N2O4/c1-2-10-5-3-4-6-11(10)15(21)17-8-7-16-14(20)12(17)9-13(18)19/h3-6,12H,2,7-9H2,1H3,(H,16,20)(H,18,19). The Kier molecular flexibility index (Phi) is 4.57. The van der Waals surface area contributed by atoms with Gasteiger partial charge in [0.2, 0.25) is 5.91 Å². The van der Waals surface area contributed by atoms with Crippen molar-refractivity contribution in [2.75, 3.05) is 13.1 Å². The molecule has 6 heteroatoms. The van der Waals surface area contributed by atoms with Crippen molar-refractivity contribution in [2.24, 2.45) is 0 Å². The highest BCUT2D eigenvalue weighted by molar-refractivity contribution is 6.00. The zero-order chi connectivity index (χ0) is 15.4. The fourth-order valence-corrected chi connectivity index (χ4v) is 2.52. The van der Waals surface area contributed by atoms with E-state index in [-0.39, 0.29) is 12.3 Å². The third kappa shape index (κ3) is 3.21. The SMILES string of the molecule is CCc1ccccc1C(=O)N1CCNC(=O)C1CC(=O)O. The molecule has 1 aliphatic heterocycles. The number of hydrogen-bond acceptors (Lipinski definition) is 3. The molecule has 1 heterocycles. The molecule has 1 aliphatic rings. The second-order valence-electron chi connectivity index (χ2n) is 4.91. The summed E-state index contributed by atoms with van der Waals surface area (Å²) in [4.78, 5) is 36.8. The lowest BCUT2D eigenvalue weighted by Crippen LogP contribution is -2.57. The molecular formula is C15H18N2O4. The molecule has 0 aromatic heterocycles. The van der Waals surface area contributed by atoms with Gasteiger partial charge in [0, 0.05) is 18.7 Å². The highest BCUT2D eigenvalue weighted by Gasteiger charge is 2.35. The molecule has 6 nitrogen and oxygen atoms in total. The number of piperazine rings is 1. The second kappa shape index (κ2) is 6.39. The molecule has 1 saturated heterocycles. The summed E-state index contributed by atoms with van der Waals surface area (Å²) in [6.07, 6.45) is 0.317. The van der Waals surface area contributed by atoms with Crippen LogP contribution in [-0.2, 0) is 16.0 Å². The zero-order valence-electron chi connectivity index (χ0n) is 11.8. The first-order valence-electron chi connectivity index (χ1n) is 6.93. The molecule has 2 rings (SSSR count). The van der Waals surface area contributed by atoms with Gasteiger partial charge in [0.15, 0.2) is 0 Å². The van der Waals surface area contributed by atoms with Crippen LogP contribution in [0.25, 0.3) is 0 Å². The molecule has 1 fully saturated rings. The van der Waals surface area contributed by atoms with Gasteiger partial charge < -0.3 is 15.3 Å². The van der Waals surface area contributed by atoms with Crippen LogP contribution in [-0.4, -0.2) is 46.9 Å². The van der Waals surface area contributed by atoms with Gasteiger partial charge in [-0.15, -0.1) is 0 Å². The molecule has 0 spiro atoms. The lowest BCUT2D eigenvalue weighted by atomic mass is 10.0. The number of carboxylic acids is 1. The monoisotopic (exact) mass is 290 g/mol. The van der Waals surface area contributed by atoms with Crippen LogP contribution in [0.5, 0.6) is 0 Å². The van der Waals surface area contributed by atoms with Gasteiger partial charge in [-0.1, -0.05) is 25.1 Å². The lowest BCUT2D eigenvalue weighted by Gasteiger charge is -2.34. The number of nitrogens with one attached hydrogen (secondary N) is 1. The Morgan fingerprint density at radius 3 is 2.76 bits per heavy atom. The van der Waals surface area contributed by atoms with Gasteiger partial charge in [0.25, 0.3) is 5.91 Å². The molecule has 2 amide bonds. The maximum atomic E-state index is 12.7. The predicted octanol–water partition coefficient (Wildman–Crippen LogP) is 0.664. The van der Waals surface area contributed by atoms with Crippen LogP contribution in [0.1, 0.15) is 29.3 Å². The third-order valence-electron chi connectivity index (χ3n) is 3.59. The van der Waals surface area contributed by atoms with E-state index in [1.54, 1.807) is 12.1 Å². The summed E-state index contributed by atoms with van der Waals surface area (Å²) in [6, 6.07) is 6.25. The van der Waals surface area contributed by atoms with Crippen molar-refractivity contribution >= 4 is 17.8 Å². The van der Waals surface area contributed by atoms with Crippen molar-refractivity contribution in [3.63, 3.8) is 0 Å². The summed E-state index contributed by atoms with van der Waals surface area (Å²) in [6.45, 7) is 2.61. The summed E-state index contributed by atoms with van der Waals surface area (Å²) in [7, 11) is 0. The highest BCUT2D eigenvalue weighted by atomic mass is 16.4. The minimum Gasteiger partial charge on any atom is -0.481 e. The number of aliphatic carboxylic acids is 1. The number of carboxylic acid groups (broad SMARTS) is 1. The summed E-state index contributed by atoms with van der Waals surface area (Å²) in [5, 5.41) is 11.5. The Bertz CT molecular complexity index is 571. The average molecular weight is 290 g/mol. The number of hydrogen-bond donors (Lipinski definition) is 2. The summed E-state index contributed by atoms with van der Waals surface area (Å²) in [5.41, 5.74) is 1.42. The largest absolute Gasteiger partial charge is 0.481 e. The first-order valence-corrected chi connectivity index (χ1v) is 6.93. The van der Waals surface area contributed by atoms with Crippen molar-refractivity contribution in [3.05, 3.63) is 35.4 Å². The van der Waals surface area contributed by atoms with Gasteiger partial charge in [-0.25, -0.2) is 0 Å². The Hall–Kier alpha value is -2.37. The van der Waals surface area contributed by atoms with Gasteiger partial charge in [-0.3, -0.25) is 14.4 Å². The topological polar surface area (TPSA) is 86.7 Å². The van der Waals surface area contributed by atoms with Gasteiger partial charge in [0.1, 0.15) is 6.04 Å². The number of carbonyl (C=O) groups excluding carboxylic acids is 2. The first-order chi connectivity index (χ1) is 10.0. The molecule has 2 N–H and O–H groups in total. The minimum absolute atomic E-state index is 0.284. The molecule has 112 valence electrons. The Morgan fingerprint density at radius 2 is 2.10 bits per heavy atom. The number of amides is 2. The first kappa shape index (κ1) is 15.0. The number of carbonyl (C=O) groups is 3. The second-order valence-corrected chi connectivity index (χ2v) is 4.91. The third-order valence-corrected chi connectivity index (χ3v) is 3.59. The summed E-state index contributed by atoms with van der Waals surface area (Å²) >= 11 is 0. The van der Waals surface area contributed by atoms with Crippen LogP contribution in [0.4, 0.5) is 0 Å². The van der Waals surface area contributed by atoms with Crippen LogP contribution in [0, 0.1) is 0 Å². The predicted molar refractivity (Wildman–Crippen MR) is 75.9 cm³/mol. The number of aryl methyl sites for hydroxylation is 1. The van der Waals surface area contributed by atoms with Crippen molar-refractivity contribution < 1.29 is 19.5 Å². The van der Waals surface area contributed by atoms with E-state index in [0.29, 0.717) is 25.1 Å². The van der Waals surface area contributed by atoms with E-state index in [2.05, 4.69) is 5.32 Å². The molecule has 1 unspecified atom stereocenters. The Morgan fingerprint density at radius 1 is 1.38 bits per heavy atom. The van der Waals surface area contributed by atoms with E-state index in [1.807, 2.05) is 19.1 Å². The summed E-state index contributed by atoms with van der Waals surface area (Å²) in [5.74, 6) is -1.79. The van der Waals surface area contributed by atoms with Gasteiger partial charge in [-0.2, -0.15) is 0 Å². The van der Waals surface area contributed by atoms with Crippen LogP contribution in [0.15, 0.2) is 24.3 Å². The molecule has 21 heavy (non-hydrogen) atoms. The maximum absolute atomic E-state index is 12.7. The average Bonchev–Trinajstić information content (AvgIpc) is 2.48. The van der Waals surface area contributed by atoms with E-state index in [1.165, 1.54) is 4.90 Å². The Balaban J connectivity index is 2.30. The molecule has 0 radical (unpaired) electrons. The summed E-state index contributed by atoms with van der Waals surface area (Å²) < 4.78 is 0. The molecule has 0 saturated carbocycles. The fourth-order valence-electron chi connectivity index (χ4n) is 2.52. The number of nitrogens with zero attached hydrogens (tertiary/aromatic N) is 1. The number of rotatable bonds is 4. The van der Waals surface area contributed by atoms with Crippen molar-refractivity contribution in [3.8, 4) is 0 Å².